The zero-order valence-electron chi connectivity index (χ0n) is 10.4. The van der Waals surface area contributed by atoms with E-state index >= 15 is 0 Å². The third-order valence-electron chi connectivity index (χ3n) is 3.32. The molecule has 17 heavy (non-hydrogen) atoms. The normalized spacial score (nSPS) is 20.1. The van der Waals surface area contributed by atoms with Crippen LogP contribution in [0.1, 0.15) is 23.1 Å². The van der Waals surface area contributed by atoms with E-state index < -0.39 is 0 Å². The second kappa shape index (κ2) is 5.21. The Morgan fingerprint density at radius 2 is 2.18 bits per heavy atom. The molecular weight excluding hydrogens is 278 g/mol. The molecule has 0 radical (unpaired) electrons. The van der Waals surface area contributed by atoms with Gasteiger partial charge in [-0.05, 0) is 31.4 Å². The molecule has 2 rings (SSSR count). The topological polar surface area (TPSA) is 20.3 Å². The van der Waals surface area contributed by atoms with Crippen molar-refractivity contribution in [2.45, 2.75) is 31.5 Å². The number of amides is 1. The second-order valence-electron chi connectivity index (χ2n) is 4.82. The summed E-state index contributed by atoms with van der Waals surface area (Å²) in [6, 6.07) is 6.52. The average Bonchev–Trinajstić information content (AvgIpc) is 2.56. The highest BCUT2D eigenvalue weighted by Crippen LogP contribution is 2.19. The molecule has 0 N–H and O–H groups in total. The lowest BCUT2D eigenvalue weighted by molar-refractivity contribution is -0.127. The molecule has 0 aromatic heterocycles. The SMILES string of the molecule is Cc1ccc(CCN2CC(Br)CC2=O)c(C)c1. The number of nitrogens with zero attached hydrogens (tertiary/aromatic N) is 1. The minimum absolute atomic E-state index is 0.275. The van der Waals surface area contributed by atoms with Gasteiger partial charge in [0.05, 0.1) is 0 Å². The van der Waals surface area contributed by atoms with E-state index in [9.17, 15) is 4.79 Å². The molecule has 1 heterocycles. The lowest BCUT2D eigenvalue weighted by Crippen LogP contribution is -2.27. The largest absolute Gasteiger partial charge is 0.341 e. The molecule has 1 aromatic carbocycles. The Morgan fingerprint density at radius 1 is 1.41 bits per heavy atom. The first-order valence-corrected chi connectivity index (χ1v) is 6.96. The van der Waals surface area contributed by atoms with Crippen molar-refractivity contribution in [1.82, 2.24) is 4.90 Å². The molecule has 3 heteroatoms. The summed E-state index contributed by atoms with van der Waals surface area (Å²) in [5.41, 5.74) is 3.97. The minimum atomic E-state index is 0.275. The summed E-state index contributed by atoms with van der Waals surface area (Å²) >= 11 is 3.51. The molecule has 2 nitrogen and oxygen atoms in total. The standard InChI is InChI=1S/C14H18BrNO/c1-10-3-4-12(11(2)7-10)5-6-16-9-13(15)8-14(16)17/h3-4,7,13H,5-6,8-9H2,1-2H3. The number of alkyl halides is 1. The molecular formula is C14H18BrNO. The third-order valence-corrected chi connectivity index (χ3v) is 3.93. The molecule has 1 unspecified atom stereocenters. The monoisotopic (exact) mass is 295 g/mol. The molecule has 1 aliphatic rings. The summed E-state index contributed by atoms with van der Waals surface area (Å²) in [4.78, 5) is 13.9. The van der Waals surface area contributed by atoms with Gasteiger partial charge in [0.25, 0.3) is 0 Å². The highest BCUT2D eigenvalue weighted by molar-refractivity contribution is 9.09. The van der Waals surface area contributed by atoms with E-state index in [4.69, 9.17) is 0 Å². The van der Waals surface area contributed by atoms with Crippen molar-refractivity contribution >= 4 is 21.8 Å². The van der Waals surface area contributed by atoms with Gasteiger partial charge in [0.1, 0.15) is 0 Å². The first-order valence-electron chi connectivity index (χ1n) is 6.04. The molecule has 1 fully saturated rings. The van der Waals surface area contributed by atoms with Crippen LogP contribution in [0.3, 0.4) is 0 Å². The van der Waals surface area contributed by atoms with Gasteiger partial charge < -0.3 is 4.90 Å². The van der Waals surface area contributed by atoms with Crippen LogP contribution in [-0.4, -0.2) is 28.7 Å². The zero-order valence-corrected chi connectivity index (χ0v) is 12.0. The first kappa shape index (κ1) is 12.6. The Labute approximate surface area is 111 Å². The molecule has 0 spiro atoms. The van der Waals surface area contributed by atoms with Gasteiger partial charge >= 0.3 is 0 Å². The van der Waals surface area contributed by atoms with E-state index in [1.807, 2.05) is 4.90 Å². The average molecular weight is 296 g/mol. The quantitative estimate of drug-likeness (QED) is 0.785. The van der Waals surface area contributed by atoms with E-state index in [1.54, 1.807) is 0 Å². The maximum absolute atomic E-state index is 11.6. The fourth-order valence-electron chi connectivity index (χ4n) is 2.32. The van der Waals surface area contributed by atoms with Gasteiger partial charge in [0.15, 0.2) is 0 Å². The first-order chi connectivity index (χ1) is 8.06. The van der Waals surface area contributed by atoms with Crippen molar-refractivity contribution < 1.29 is 4.79 Å². The summed E-state index contributed by atoms with van der Waals surface area (Å²) in [7, 11) is 0. The highest BCUT2D eigenvalue weighted by atomic mass is 79.9. The van der Waals surface area contributed by atoms with Crippen LogP contribution in [0.15, 0.2) is 18.2 Å². The number of hydrogen-bond acceptors (Lipinski definition) is 1. The molecule has 1 saturated heterocycles. The molecule has 0 saturated carbocycles. The summed E-state index contributed by atoms with van der Waals surface area (Å²) in [6.07, 6.45) is 1.60. The highest BCUT2D eigenvalue weighted by Gasteiger charge is 2.26. The van der Waals surface area contributed by atoms with Gasteiger partial charge in [-0.1, -0.05) is 39.7 Å². The molecule has 1 atom stereocenters. The predicted octanol–water partition coefficient (Wildman–Crippen LogP) is 2.84. The number of carbonyl (C=O) groups is 1. The number of benzene rings is 1. The Kier molecular flexibility index (Phi) is 3.87. The molecule has 0 bridgehead atoms. The lowest BCUT2D eigenvalue weighted by atomic mass is 10.0. The van der Waals surface area contributed by atoms with E-state index in [1.165, 1.54) is 16.7 Å². The number of carbonyl (C=O) groups excluding carboxylic acids is 1. The van der Waals surface area contributed by atoms with Gasteiger partial charge in [-0.25, -0.2) is 0 Å². The maximum Gasteiger partial charge on any atom is 0.223 e. The Hall–Kier alpha value is -0.830. The summed E-state index contributed by atoms with van der Waals surface area (Å²) < 4.78 is 0. The predicted molar refractivity (Wildman–Crippen MR) is 73.5 cm³/mol. The second-order valence-corrected chi connectivity index (χ2v) is 6.12. The van der Waals surface area contributed by atoms with Crippen LogP contribution < -0.4 is 0 Å². The fourth-order valence-corrected chi connectivity index (χ4v) is 2.95. The number of hydrogen-bond donors (Lipinski definition) is 0. The van der Waals surface area contributed by atoms with E-state index in [0.717, 1.165) is 19.5 Å². The van der Waals surface area contributed by atoms with Gasteiger partial charge in [-0.2, -0.15) is 0 Å². The van der Waals surface area contributed by atoms with Crippen LogP contribution in [0, 0.1) is 13.8 Å². The zero-order chi connectivity index (χ0) is 12.4. The minimum Gasteiger partial charge on any atom is -0.341 e. The van der Waals surface area contributed by atoms with Crippen LogP contribution in [0.25, 0.3) is 0 Å². The van der Waals surface area contributed by atoms with Gasteiger partial charge in [0, 0.05) is 24.3 Å². The smallest absolute Gasteiger partial charge is 0.223 e. The van der Waals surface area contributed by atoms with Crippen molar-refractivity contribution in [2.75, 3.05) is 13.1 Å². The third kappa shape index (κ3) is 3.09. The Bertz CT molecular complexity index is 430. The molecule has 1 amide bonds. The molecule has 1 aliphatic heterocycles. The lowest BCUT2D eigenvalue weighted by Gasteiger charge is -2.16. The van der Waals surface area contributed by atoms with Crippen molar-refractivity contribution in [3.8, 4) is 0 Å². The van der Waals surface area contributed by atoms with Crippen molar-refractivity contribution in [1.29, 1.82) is 0 Å². The molecule has 1 aromatic rings. The van der Waals surface area contributed by atoms with E-state index in [-0.39, 0.29) is 5.91 Å². The maximum atomic E-state index is 11.6. The van der Waals surface area contributed by atoms with Gasteiger partial charge in [0.2, 0.25) is 5.91 Å². The van der Waals surface area contributed by atoms with Crippen LogP contribution in [0.2, 0.25) is 0 Å². The van der Waals surface area contributed by atoms with Crippen molar-refractivity contribution in [3.05, 3.63) is 34.9 Å². The number of likely N-dealkylation sites (tertiary alicyclic amines) is 1. The van der Waals surface area contributed by atoms with Gasteiger partial charge in [-0.3, -0.25) is 4.79 Å². The van der Waals surface area contributed by atoms with Crippen LogP contribution in [0.4, 0.5) is 0 Å². The van der Waals surface area contributed by atoms with Gasteiger partial charge in [-0.15, -0.1) is 0 Å². The van der Waals surface area contributed by atoms with Crippen molar-refractivity contribution in [3.63, 3.8) is 0 Å². The summed E-state index contributed by atoms with van der Waals surface area (Å²) in [6.45, 7) is 5.94. The summed E-state index contributed by atoms with van der Waals surface area (Å²) in [5.74, 6) is 0.275. The Balaban J connectivity index is 1.96. The van der Waals surface area contributed by atoms with E-state index in [2.05, 4.69) is 48.0 Å². The fraction of sp³-hybridized carbons (Fsp3) is 0.500. The number of aryl methyl sites for hydroxylation is 2. The summed E-state index contributed by atoms with van der Waals surface area (Å²) in [5, 5.41) is 0. The molecule has 0 aliphatic carbocycles. The van der Waals surface area contributed by atoms with Crippen molar-refractivity contribution in [2.24, 2.45) is 0 Å². The van der Waals surface area contributed by atoms with Crippen LogP contribution in [-0.2, 0) is 11.2 Å². The Morgan fingerprint density at radius 3 is 2.76 bits per heavy atom. The van der Waals surface area contributed by atoms with Crippen LogP contribution >= 0.6 is 15.9 Å². The molecule has 92 valence electrons. The van der Waals surface area contributed by atoms with E-state index in [0.29, 0.717) is 11.2 Å². The number of halogens is 1. The number of rotatable bonds is 3. The van der Waals surface area contributed by atoms with Crippen LogP contribution in [0.5, 0.6) is 0 Å².